The standard InChI is InChI=1S/C19H28N6O/c1-13-12-18(25-17(21-13)6-9-20-25)23-10-7-14(8-11-23)24-16-5-3-2-4-15(16)22-19(24)26/h2-5,13-14,17-18,20-21H,6-12H2,1H3,(H,22,26). The van der Waals surface area contributed by atoms with Gasteiger partial charge in [-0.25, -0.2) is 9.80 Å². The Balaban J connectivity index is 1.33. The molecule has 5 rings (SSSR count). The molecule has 3 N–H and O–H groups in total. The molecule has 1 aromatic carbocycles. The van der Waals surface area contributed by atoms with Gasteiger partial charge in [0.05, 0.1) is 23.4 Å². The molecule has 3 aliphatic rings. The van der Waals surface area contributed by atoms with E-state index in [1.54, 1.807) is 0 Å². The Morgan fingerprint density at radius 1 is 1.12 bits per heavy atom. The van der Waals surface area contributed by atoms with Crippen molar-refractivity contribution >= 4 is 11.0 Å². The predicted octanol–water partition coefficient (Wildman–Crippen LogP) is 1.21. The number of fused-ring (bicyclic) bond motifs is 2. The largest absolute Gasteiger partial charge is 0.326 e. The number of aromatic amines is 1. The van der Waals surface area contributed by atoms with Crippen molar-refractivity contribution in [3.63, 3.8) is 0 Å². The van der Waals surface area contributed by atoms with Gasteiger partial charge in [-0.2, -0.15) is 0 Å². The molecule has 3 unspecified atom stereocenters. The second kappa shape index (κ2) is 6.49. The molecule has 0 amide bonds. The summed E-state index contributed by atoms with van der Waals surface area (Å²) in [6.07, 6.45) is 5.28. The highest BCUT2D eigenvalue weighted by Crippen LogP contribution is 2.30. The number of hydrogen-bond acceptors (Lipinski definition) is 5. The summed E-state index contributed by atoms with van der Waals surface area (Å²) in [4.78, 5) is 18.1. The number of likely N-dealkylation sites (tertiary alicyclic amines) is 1. The highest BCUT2D eigenvalue weighted by molar-refractivity contribution is 5.75. The van der Waals surface area contributed by atoms with E-state index in [2.05, 4.69) is 32.6 Å². The lowest BCUT2D eigenvalue weighted by Crippen LogP contribution is -2.65. The zero-order valence-electron chi connectivity index (χ0n) is 15.3. The van der Waals surface area contributed by atoms with Crippen LogP contribution in [0.4, 0.5) is 0 Å². The molecule has 0 radical (unpaired) electrons. The summed E-state index contributed by atoms with van der Waals surface area (Å²) in [5.41, 5.74) is 5.57. The van der Waals surface area contributed by atoms with Crippen molar-refractivity contribution < 1.29 is 0 Å². The second-order valence-electron chi connectivity index (χ2n) is 7.99. The summed E-state index contributed by atoms with van der Waals surface area (Å²) >= 11 is 0. The normalized spacial score (nSPS) is 31.5. The van der Waals surface area contributed by atoms with Crippen LogP contribution in [0.3, 0.4) is 0 Å². The van der Waals surface area contributed by atoms with Crippen LogP contribution in [0.25, 0.3) is 11.0 Å². The molecule has 0 aliphatic carbocycles. The number of imidazole rings is 1. The Bertz CT molecular complexity index is 836. The Morgan fingerprint density at radius 3 is 2.77 bits per heavy atom. The molecule has 2 aromatic rings. The van der Waals surface area contributed by atoms with Gasteiger partial charge in [0.25, 0.3) is 0 Å². The number of aromatic nitrogens is 2. The third-order valence-electron chi connectivity index (χ3n) is 6.32. The number of para-hydroxylation sites is 2. The lowest BCUT2D eigenvalue weighted by molar-refractivity contribution is -0.0583. The molecule has 7 nitrogen and oxygen atoms in total. The topological polar surface area (TPSA) is 68.3 Å². The number of benzene rings is 1. The van der Waals surface area contributed by atoms with Crippen molar-refractivity contribution in [2.75, 3.05) is 19.6 Å². The first-order valence-electron chi connectivity index (χ1n) is 9.92. The maximum atomic E-state index is 12.5. The van der Waals surface area contributed by atoms with Gasteiger partial charge in [-0.3, -0.25) is 20.2 Å². The zero-order chi connectivity index (χ0) is 17.7. The second-order valence-corrected chi connectivity index (χ2v) is 7.99. The van der Waals surface area contributed by atoms with Gasteiger partial charge in [0.1, 0.15) is 0 Å². The molecule has 1 aromatic heterocycles. The minimum atomic E-state index is 0.0291. The summed E-state index contributed by atoms with van der Waals surface area (Å²) in [5.74, 6) is 0. The maximum Gasteiger partial charge on any atom is 0.326 e. The molecule has 26 heavy (non-hydrogen) atoms. The zero-order valence-corrected chi connectivity index (χ0v) is 15.3. The predicted molar refractivity (Wildman–Crippen MR) is 102 cm³/mol. The highest BCUT2D eigenvalue weighted by Gasteiger charge is 2.40. The van der Waals surface area contributed by atoms with Crippen LogP contribution in [0, 0.1) is 0 Å². The van der Waals surface area contributed by atoms with E-state index in [-0.39, 0.29) is 11.7 Å². The number of H-pyrrole nitrogens is 1. The molecule has 0 bridgehead atoms. The summed E-state index contributed by atoms with van der Waals surface area (Å²) in [7, 11) is 0. The Hall–Kier alpha value is -1.67. The molecule has 140 valence electrons. The number of nitrogens with zero attached hydrogens (tertiary/aromatic N) is 3. The van der Waals surface area contributed by atoms with Gasteiger partial charge in [-0.15, -0.1) is 0 Å². The van der Waals surface area contributed by atoms with Crippen molar-refractivity contribution in [2.24, 2.45) is 0 Å². The Kier molecular flexibility index (Phi) is 4.12. The average Bonchev–Trinajstić information content (AvgIpc) is 3.24. The van der Waals surface area contributed by atoms with Crippen LogP contribution in [0.5, 0.6) is 0 Å². The lowest BCUT2D eigenvalue weighted by atomic mass is 10.0. The van der Waals surface area contributed by atoms with Crippen LogP contribution < -0.4 is 16.4 Å². The average molecular weight is 356 g/mol. The van der Waals surface area contributed by atoms with Gasteiger partial charge in [0.15, 0.2) is 0 Å². The van der Waals surface area contributed by atoms with E-state index in [0.717, 1.165) is 49.9 Å². The summed E-state index contributed by atoms with van der Waals surface area (Å²) < 4.78 is 1.98. The minimum absolute atomic E-state index is 0.0291. The Morgan fingerprint density at radius 2 is 1.92 bits per heavy atom. The summed E-state index contributed by atoms with van der Waals surface area (Å²) in [6, 6.07) is 8.86. The fourth-order valence-electron chi connectivity index (χ4n) is 5.09. The number of rotatable bonds is 2. The number of nitrogens with one attached hydrogen (secondary N) is 3. The van der Waals surface area contributed by atoms with Crippen molar-refractivity contribution in [2.45, 2.75) is 57.0 Å². The molecular weight excluding hydrogens is 328 g/mol. The fraction of sp³-hybridized carbons (Fsp3) is 0.632. The quantitative estimate of drug-likeness (QED) is 0.755. The molecule has 7 heteroatoms. The number of hydrazine groups is 1. The van der Waals surface area contributed by atoms with E-state index in [4.69, 9.17) is 0 Å². The van der Waals surface area contributed by atoms with Crippen molar-refractivity contribution in [1.82, 2.24) is 30.2 Å². The van der Waals surface area contributed by atoms with Crippen LogP contribution in [-0.4, -0.2) is 57.5 Å². The van der Waals surface area contributed by atoms with E-state index in [1.165, 1.54) is 6.42 Å². The fourth-order valence-corrected chi connectivity index (χ4v) is 5.09. The highest BCUT2D eigenvalue weighted by atomic mass is 16.1. The van der Waals surface area contributed by atoms with Crippen molar-refractivity contribution in [1.29, 1.82) is 0 Å². The summed E-state index contributed by atoms with van der Waals surface area (Å²) in [6.45, 7) is 5.43. The van der Waals surface area contributed by atoms with Gasteiger partial charge < -0.3 is 4.98 Å². The van der Waals surface area contributed by atoms with Gasteiger partial charge in [0, 0.05) is 31.7 Å². The molecular formula is C19H28N6O. The first kappa shape index (κ1) is 16.5. The van der Waals surface area contributed by atoms with Gasteiger partial charge >= 0.3 is 5.69 Å². The summed E-state index contributed by atoms with van der Waals surface area (Å²) in [5, 5.41) is 6.12. The monoisotopic (exact) mass is 356 g/mol. The molecule has 3 atom stereocenters. The van der Waals surface area contributed by atoms with E-state index < -0.39 is 0 Å². The first-order valence-corrected chi connectivity index (χ1v) is 9.92. The molecule has 0 spiro atoms. The van der Waals surface area contributed by atoms with Crippen LogP contribution in [0.1, 0.15) is 38.6 Å². The molecule has 3 saturated heterocycles. The van der Waals surface area contributed by atoms with Gasteiger partial charge in [-0.05, 0) is 44.7 Å². The molecule has 4 heterocycles. The molecule has 0 saturated carbocycles. The van der Waals surface area contributed by atoms with Gasteiger partial charge in [-0.1, -0.05) is 12.1 Å². The Labute approximate surface area is 153 Å². The van der Waals surface area contributed by atoms with Crippen molar-refractivity contribution in [3.05, 3.63) is 34.7 Å². The van der Waals surface area contributed by atoms with Crippen LogP contribution in [0.15, 0.2) is 29.1 Å². The van der Waals surface area contributed by atoms with E-state index >= 15 is 0 Å². The number of hydrogen-bond donors (Lipinski definition) is 3. The SMILES string of the molecule is CC1CC(N2CCC(n3c(=O)[nH]c4ccccc43)CC2)N2NCCC2N1. The van der Waals surface area contributed by atoms with Crippen LogP contribution >= 0.6 is 0 Å². The van der Waals surface area contributed by atoms with Crippen molar-refractivity contribution in [3.8, 4) is 0 Å². The minimum Gasteiger partial charge on any atom is -0.306 e. The maximum absolute atomic E-state index is 12.5. The lowest BCUT2D eigenvalue weighted by Gasteiger charge is -2.48. The molecule has 3 fully saturated rings. The third-order valence-corrected chi connectivity index (χ3v) is 6.32. The molecule has 3 aliphatic heterocycles. The van der Waals surface area contributed by atoms with Gasteiger partial charge in [0.2, 0.25) is 0 Å². The number of piperidine rings is 1. The first-order chi connectivity index (χ1) is 12.7. The van der Waals surface area contributed by atoms with E-state index in [0.29, 0.717) is 18.4 Å². The van der Waals surface area contributed by atoms with Crippen LogP contribution in [-0.2, 0) is 0 Å². The van der Waals surface area contributed by atoms with E-state index in [1.807, 2.05) is 28.8 Å². The van der Waals surface area contributed by atoms with E-state index in [9.17, 15) is 4.79 Å². The third kappa shape index (κ3) is 2.70. The van der Waals surface area contributed by atoms with Crippen LogP contribution in [0.2, 0.25) is 0 Å². The smallest absolute Gasteiger partial charge is 0.306 e.